The average molecular weight is 252 g/mol. The van der Waals surface area contributed by atoms with Gasteiger partial charge in [-0.15, -0.1) is 10.2 Å². The van der Waals surface area contributed by atoms with Gasteiger partial charge in [-0.25, -0.2) is 0 Å². The zero-order valence-corrected chi connectivity index (χ0v) is 10.2. The summed E-state index contributed by atoms with van der Waals surface area (Å²) in [6, 6.07) is 0. The highest BCUT2D eigenvalue weighted by Crippen LogP contribution is 2.14. The molecule has 1 heterocycles. The number of hydrogen-bond donors (Lipinski definition) is 1. The molecule has 0 aromatic carbocycles. The number of halogens is 1. The Kier molecular flexibility index (Phi) is 4.64. The Morgan fingerprint density at radius 3 is 2.93 bits per heavy atom. The van der Waals surface area contributed by atoms with Crippen LogP contribution >= 0.6 is 34.7 Å². The fourth-order valence-electron chi connectivity index (χ4n) is 0.692. The second kappa shape index (κ2) is 5.53. The first-order chi connectivity index (χ1) is 6.63. The van der Waals surface area contributed by atoms with Crippen LogP contribution in [0.3, 0.4) is 0 Å². The molecule has 1 atom stereocenters. The van der Waals surface area contributed by atoms with Gasteiger partial charge >= 0.3 is 0 Å². The standard InChI is InChI=1S/C7H10ClN3OS2/c1-4(13-2)3-9-5(12)6-10-11-7(8)14-6/h4H,3H2,1-2H3,(H,9,12). The SMILES string of the molecule is CSC(C)CNC(=O)c1nnc(Cl)s1. The highest BCUT2D eigenvalue weighted by atomic mass is 35.5. The van der Waals surface area contributed by atoms with Crippen molar-refractivity contribution in [3.8, 4) is 0 Å². The molecule has 0 radical (unpaired) electrons. The quantitative estimate of drug-likeness (QED) is 0.885. The summed E-state index contributed by atoms with van der Waals surface area (Å²) in [5, 5.41) is 10.6. The monoisotopic (exact) mass is 251 g/mol. The smallest absolute Gasteiger partial charge is 0.282 e. The highest BCUT2D eigenvalue weighted by molar-refractivity contribution is 7.99. The van der Waals surface area contributed by atoms with Crippen molar-refractivity contribution in [2.45, 2.75) is 12.2 Å². The minimum atomic E-state index is -0.213. The third kappa shape index (κ3) is 3.43. The second-order valence-corrected chi connectivity index (χ2v) is 5.45. The van der Waals surface area contributed by atoms with Gasteiger partial charge in [0.05, 0.1) is 0 Å². The van der Waals surface area contributed by atoms with Gasteiger partial charge in [-0.1, -0.05) is 18.3 Å². The molecule has 0 bridgehead atoms. The van der Waals surface area contributed by atoms with Crippen molar-refractivity contribution in [2.75, 3.05) is 12.8 Å². The molecule has 1 unspecified atom stereocenters. The molecule has 0 saturated carbocycles. The molecule has 4 nitrogen and oxygen atoms in total. The Balaban J connectivity index is 2.43. The van der Waals surface area contributed by atoms with Crippen molar-refractivity contribution in [2.24, 2.45) is 0 Å². The summed E-state index contributed by atoms with van der Waals surface area (Å²) in [7, 11) is 0. The summed E-state index contributed by atoms with van der Waals surface area (Å²) >= 11 is 8.33. The number of nitrogens with zero attached hydrogens (tertiary/aromatic N) is 2. The molecule has 7 heteroatoms. The minimum Gasteiger partial charge on any atom is -0.349 e. The van der Waals surface area contributed by atoms with Gasteiger partial charge in [0, 0.05) is 11.8 Å². The summed E-state index contributed by atoms with van der Waals surface area (Å²) in [6.45, 7) is 2.66. The van der Waals surface area contributed by atoms with Crippen LogP contribution in [0, 0.1) is 0 Å². The first kappa shape index (κ1) is 11.7. The van der Waals surface area contributed by atoms with Crippen molar-refractivity contribution < 1.29 is 4.79 Å². The van der Waals surface area contributed by atoms with Gasteiger partial charge < -0.3 is 5.32 Å². The Morgan fingerprint density at radius 1 is 1.71 bits per heavy atom. The molecule has 0 spiro atoms. The molecule has 1 rings (SSSR count). The van der Waals surface area contributed by atoms with Gasteiger partial charge in [-0.2, -0.15) is 11.8 Å². The van der Waals surface area contributed by atoms with Crippen molar-refractivity contribution >= 4 is 40.6 Å². The number of rotatable bonds is 4. The van der Waals surface area contributed by atoms with Crippen LogP contribution in [0.4, 0.5) is 0 Å². The van der Waals surface area contributed by atoms with Crippen LogP contribution in [0.5, 0.6) is 0 Å². The minimum absolute atomic E-state index is 0.213. The number of carbonyl (C=O) groups excluding carboxylic acids is 1. The Bertz CT molecular complexity index is 318. The Hall–Kier alpha value is -0.330. The second-order valence-electron chi connectivity index (χ2n) is 2.62. The van der Waals surface area contributed by atoms with E-state index in [1.165, 1.54) is 0 Å². The summed E-state index contributed by atoms with van der Waals surface area (Å²) in [5.74, 6) is -0.213. The zero-order valence-electron chi connectivity index (χ0n) is 7.78. The van der Waals surface area contributed by atoms with Gasteiger partial charge in [-0.3, -0.25) is 4.79 Å². The number of nitrogens with one attached hydrogen (secondary N) is 1. The molecular weight excluding hydrogens is 242 g/mol. The first-order valence-electron chi connectivity index (χ1n) is 3.93. The summed E-state index contributed by atoms with van der Waals surface area (Å²) in [5.41, 5.74) is 0. The summed E-state index contributed by atoms with van der Waals surface area (Å²) < 4.78 is 0.285. The molecular formula is C7H10ClN3OS2. The lowest BCUT2D eigenvalue weighted by Crippen LogP contribution is -2.29. The van der Waals surface area contributed by atoms with Crippen molar-refractivity contribution in [3.63, 3.8) is 0 Å². The number of carbonyl (C=O) groups is 1. The van der Waals surface area contributed by atoms with E-state index in [9.17, 15) is 4.79 Å². The van der Waals surface area contributed by atoms with Crippen LogP contribution in [0.1, 0.15) is 16.7 Å². The lowest BCUT2D eigenvalue weighted by atomic mass is 10.4. The topological polar surface area (TPSA) is 54.9 Å². The predicted molar refractivity (Wildman–Crippen MR) is 60.2 cm³/mol. The molecule has 0 saturated heterocycles. The van der Waals surface area contributed by atoms with E-state index in [0.29, 0.717) is 16.8 Å². The molecule has 0 aliphatic rings. The highest BCUT2D eigenvalue weighted by Gasteiger charge is 2.12. The van der Waals surface area contributed by atoms with E-state index in [0.717, 1.165) is 11.3 Å². The Morgan fingerprint density at radius 2 is 2.43 bits per heavy atom. The van der Waals surface area contributed by atoms with Crippen LogP contribution in [0.25, 0.3) is 0 Å². The molecule has 14 heavy (non-hydrogen) atoms. The molecule has 1 aromatic rings. The van der Waals surface area contributed by atoms with Gasteiger partial charge in [0.25, 0.3) is 5.91 Å². The predicted octanol–water partition coefficient (Wildman–Crippen LogP) is 1.67. The molecule has 0 aliphatic carbocycles. The number of amides is 1. The lowest BCUT2D eigenvalue weighted by molar-refractivity contribution is 0.0953. The van der Waals surface area contributed by atoms with Crippen molar-refractivity contribution in [1.82, 2.24) is 15.5 Å². The van der Waals surface area contributed by atoms with Crippen LogP contribution < -0.4 is 5.32 Å². The maximum absolute atomic E-state index is 11.4. The average Bonchev–Trinajstić information content (AvgIpc) is 2.60. The summed E-state index contributed by atoms with van der Waals surface area (Å²) in [4.78, 5) is 11.4. The third-order valence-corrected chi connectivity index (χ3v) is 3.54. The van der Waals surface area contributed by atoms with Crippen molar-refractivity contribution in [1.29, 1.82) is 0 Å². The Labute approximate surface area is 95.4 Å². The number of aromatic nitrogens is 2. The van der Waals surface area contributed by atoms with E-state index in [4.69, 9.17) is 11.6 Å². The molecule has 1 amide bonds. The maximum Gasteiger partial charge on any atom is 0.282 e. The van der Waals surface area contributed by atoms with E-state index in [2.05, 4.69) is 15.5 Å². The molecule has 0 aliphatic heterocycles. The molecule has 1 aromatic heterocycles. The van der Waals surface area contributed by atoms with Gasteiger partial charge in [0.1, 0.15) is 0 Å². The molecule has 1 N–H and O–H groups in total. The number of thioether (sulfide) groups is 1. The van der Waals surface area contributed by atoms with Crippen LogP contribution in [-0.4, -0.2) is 34.2 Å². The van der Waals surface area contributed by atoms with Crippen molar-refractivity contribution in [3.05, 3.63) is 9.47 Å². The van der Waals surface area contributed by atoms with Crippen LogP contribution in [0.15, 0.2) is 0 Å². The van der Waals surface area contributed by atoms with Gasteiger partial charge in [0.15, 0.2) is 0 Å². The van der Waals surface area contributed by atoms with Crippen LogP contribution in [-0.2, 0) is 0 Å². The van der Waals surface area contributed by atoms with E-state index in [1.54, 1.807) is 11.8 Å². The zero-order chi connectivity index (χ0) is 10.6. The van der Waals surface area contributed by atoms with E-state index < -0.39 is 0 Å². The van der Waals surface area contributed by atoms with E-state index in [1.807, 2.05) is 13.2 Å². The van der Waals surface area contributed by atoms with Gasteiger partial charge in [0.2, 0.25) is 9.47 Å². The molecule has 78 valence electrons. The maximum atomic E-state index is 11.4. The lowest BCUT2D eigenvalue weighted by Gasteiger charge is -2.07. The normalized spacial score (nSPS) is 12.5. The van der Waals surface area contributed by atoms with E-state index in [-0.39, 0.29) is 10.4 Å². The fraction of sp³-hybridized carbons (Fsp3) is 0.571. The largest absolute Gasteiger partial charge is 0.349 e. The third-order valence-electron chi connectivity index (χ3n) is 1.55. The first-order valence-corrected chi connectivity index (χ1v) is 6.41. The number of hydrogen-bond acceptors (Lipinski definition) is 5. The van der Waals surface area contributed by atoms with Crippen LogP contribution in [0.2, 0.25) is 4.47 Å². The van der Waals surface area contributed by atoms with E-state index >= 15 is 0 Å². The molecule has 0 fully saturated rings. The summed E-state index contributed by atoms with van der Waals surface area (Å²) in [6.07, 6.45) is 2.00. The van der Waals surface area contributed by atoms with Gasteiger partial charge in [-0.05, 0) is 17.9 Å². The fourth-order valence-corrected chi connectivity index (χ4v) is 1.69.